The van der Waals surface area contributed by atoms with Crippen molar-refractivity contribution in [2.45, 2.75) is 101 Å². The summed E-state index contributed by atoms with van der Waals surface area (Å²) in [5.74, 6) is 1.96. The van der Waals surface area contributed by atoms with Crippen LogP contribution in [0.25, 0.3) is 0 Å². The molecule has 0 atom stereocenters. The fourth-order valence-electron chi connectivity index (χ4n) is 5.07. The van der Waals surface area contributed by atoms with E-state index in [2.05, 4.69) is 13.8 Å². The van der Waals surface area contributed by atoms with Crippen molar-refractivity contribution in [2.24, 2.45) is 0 Å². The maximum atomic E-state index is 11.4. The average Bonchev–Trinajstić information content (AvgIpc) is 3.05. The molecule has 0 bridgehead atoms. The Morgan fingerprint density at radius 2 is 0.816 bits per heavy atom. The summed E-state index contributed by atoms with van der Waals surface area (Å²) in [4.78, 5) is -0.473. The summed E-state index contributed by atoms with van der Waals surface area (Å²) in [5.41, 5.74) is 1.63. The van der Waals surface area contributed by atoms with Crippen LogP contribution in [-0.4, -0.2) is 63.7 Å². The van der Waals surface area contributed by atoms with E-state index in [4.69, 9.17) is 9.47 Å². The van der Waals surface area contributed by atoms with Crippen molar-refractivity contribution >= 4 is 58.0 Å². The summed E-state index contributed by atoms with van der Waals surface area (Å²) in [5, 5.41) is 0. The molecule has 0 radical (unpaired) electrons. The summed E-state index contributed by atoms with van der Waals surface area (Å²) in [6, 6.07) is 27.3. The molecule has 4 aromatic carbocycles. The number of rotatable bonds is 18. The van der Waals surface area contributed by atoms with Crippen LogP contribution in [0.3, 0.4) is 0 Å². The van der Waals surface area contributed by atoms with Gasteiger partial charge in [-0.25, -0.2) is 16.8 Å². The molecule has 0 aliphatic rings. The summed E-state index contributed by atoms with van der Waals surface area (Å²) in [7, 11) is -9.02. The van der Waals surface area contributed by atoms with Gasteiger partial charge in [-0.05, 0) is 97.5 Å². The van der Waals surface area contributed by atoms with Crippen LogP contribution in [0.15, 0.2) is 107 Å². The third-order valence-electron chi connectivity index (χ3n) is 7.55. The fraction of sp³-hybridized carbons (Fsp3) is 0.368. The zero-order valence-electron chi connectivity index (χ0n) is 28.5. The topological polar surface area (TPSA) is 133 Å². The largest absolute Gasteiger partial charge is 2.00 e. The molecule has 4 aromatic rings. The standard InChI is InChI=1S/2C19H24O4S.Ca/c2*1-2-3-4-5-7-10-16-13-18(15-19(14-16)24(20,21)22)23-17-11-8-6-9-12-17;/h2*6,8-9,11-15H,2-5,7,10H2,1H3,(H,20,21,22);/q;;+2/p-2. The molecule has 0 amide bonds. The summed E-state index contributed by atoms with van der Waals surface area (Å²) >= 11 is 0. The van der Waals surface area contributed by atoms with E-state index in [9.17, 15) is 25.9 Å². The van der Waals surface area contributed by atoms with Crippen molar-refractivity contribution in [1.82, 2.24) is 0 Å². The van der Waals surface area contributed by atoms with Gasteiger partial charge in [0.1, 0.15) is 43.2 Å². The molecule has 0 spiro atoms. The summed E-state index contributed by atoms with van der Waals surface area (Å²) in [6.45, 7) is 4.32. The van der Waals surface area contributed by atoms with Crippen LogP contribution in [0, 0.1) is 0 Å². The number of hydrogen-bond acceptors (Lipinski definition) is 8. The summed E-state index contributed by atoms with van der Waals surface area (Å²) < 4.78 is 79.8. The summed E-state index contributed by atoms with van der Waals surface area (Å²) in [6.07, 6.45) is 12.7. The minimum Gasteiger partial charge on any atom is -0.744 e. The molecule has 0 N–H and O–H groups in total. The van der Waals surface area contributed by atoms with Crippen LogP contribution >= 0.6 is 0 Å². The van der Waals surface area contributed by atoms with Crippen molar-refractivity contribution < 1.29 is 35.4 Å². The van der Waals surface area contributed by atoms with Crippen LogP contribution < -0.4 is 9.47 Å². The van der Waals surface area contributed by atoms with E-state index in [0.717, 1.165) is 49.7 Å². The van der Waals surface area contributed by atoms with Gasteiger partial charge in [-0.2, -0.15) is 0 Å². The molecule has 0 aromatic heterocycles. The van der Waals surface area contributed by atoms with Gasteiger partial charge in [0.2, 0.25) is 0 Å². The molecular weight excluding hydrogens is 689 g/mol. The zero-order chi connectivity index (χ0) is 34.8. The molecule has 260 valence electrons. The van der Waals surface area contributed by atoms with E-state index in [1.807, 2.05) is 48.5 Å². The first kappa shape index (κ1) is 42.7. The number of hydrogen-bond donors (Lipinski definition) is 0. The minimum atomic E-state index is -4.51. The molecule has 0 aliphatic carbocycles. The maximum Gasteiger partial charge on any atom is 2.00 e. The van der Waals surface area contributed by atoms with Crippen LogP contribution in [0.2, 0.25) is 0 Å². The van der Waals surface area contributed by atoms with E-state index in [1.54, 1.807) is 24.3 Å². The zero-order valence-corrected chi connectivity index (χ0v) is 32.4. The Bertz CT molecular complexity index is 1620. The van der Waals surface area contributed by atoms with Crippen molar-refractivity contribution in [3.8, 4) is 23.0 Å². The van der Waals surface area contributed by atoms with Crippen molar-refractivity contribution in [2.75, 3.05) is 0 Å². The smallest absolute Gasteiger partial charge is 0.744 e. The van der Waals surface area contributed by atoms with Crippen molar-refractivity contribution in [3.05, 3.63) is 108 Å². The molecule has 8 nitrogen and oxygen atoms in total. The number of ether oxygens (including phenoxy) is 2. The normalized spacial score (nSPS) is 11.2. The molecule has 0 saturated heterocycles. The molecule has 11 heteroatoms. The van der Waals surface area contributed by atoms with E-state index in [-0.39, 0.29) is 47.5 Å². The van der Waals surface area contributed by atoms with Gasteiger partial charge in [-0.15, -0.1) is 0 Å². The fourth-order valence-corrected chi connectivity index (χ4v) is 6.18. The molecular formula is C38H46CaO8S2. The Balaban J connectivity index is 0.000000333. The maximum absolute atomic E-state index is 11.4. The molecule has 49 heavy (non-hydrogen) atoms. The van der Waals surface area contributed by atoms with E-state index >= 15 is 0 Å². The van der Waals surface area contributed by atoms with E-state index in [0.29, 0.717) is 23.0 Å². The van der Waals surface area contributed by atoms with Gasteiger partial charge in [-0.3, -0.25) is 0 Å². The first-order chi connectivity index (χ1) is 23.0. The second-order valence-corrected chi connectivity index (χ2v) is 14.5. The first-order valence-electron chi connectivity index (χ1n) is 16.6. The average molecular weight is 735 g/mol. The van der Waals surface area contributed by atoms with Crippen LogP contribution in [0.5, 0.6) is 23.0 Å². The molecule has 0 unspecified atom stereocenters. The Morgan fingerprint density at radius 3 is 1.14 bits per heavy atom. The van der Waals surface area contributed by atoms with E-state index < -0.39 is 20.2 Å². The third kappa shape index (κ3) is 16.9. The van der Waals surface area contributed by atoms with Crippen molar-refractivity contribution in [3.63, 3.8) is 0 Å². The van der Waals surface area contributed by atoms with E-state index in [1.165, 1.54) is 62.8 Å². The van der Waals surface area contributed by atoms with Crippen LogP contribution in [-0.2, 0) is 33.1 Å². The third-order valence-corrected chi connectivity index (χ3v) is 9.18. The Labute approximate surface area is 322 Å². The number of benzene rings is 4. The van der Waals surface area contributed by atoms with Crippen LogP contribution in [0.4, 0.5) is 0 Å². The number of unbranched alkanes of at least 4 members (excludes halogenated alkanes) is 8. The Kier molecular flexibility index (Phi) is 19.5. The monoisotopic (exact) mass is 734 g/mol. The Morgan fingerprint density at radius 1 is 0.469 bits per heavy atom. The van der Waals surface area contributed by atoms with Gasteiger partial charge in [0, 0.05) is 0 Å². The molecule has 0 heterocycles. The molecule has 0 fully saturated rings. The minimum absolute atomic E-state index is 0. The molecule has 4 rings (SSSR count). The predicted molar refractivity (Wildman–Crippen MR) is 193 cm³/mol. The number of para-hydroxylation sites is 2. The first-order valence-corrected chi connectivity index (χ1v) is 19.4. The van der Waals surface area contributed by atoms with Gasteiger partial charge in [0.25, 0.3) is 0 Å². The second-order valence-electron chi connectivity index (χ2n) is 11.7. The van der Waals surface area contributed by atoms with Gasteiger partial charge < -0.3 is 18.6 Å². The molecule has 0 aliphatic heterocycles. The molecule has 0 saturated carbocycles. The quantitative estimate of drug-likeness (QED) is 0.0561. The van der Waals surface area contributed by atoms with Crippen LogP contribution in [0.1, 0.15) is 89.2 Å². The second kappa shape index (κ2) is 22.4. The predicted octanol–water partition coefficient (Wildman–Crippen LogP) is 9.41. The SMILES string of the molecule is CCCCCCCc1cc(Oc2ccccc2)cc(S(=O)(=O)[O-])c1.CCCCCCCc1cc(Oc2ccccc2)cc(S(=O)(=O)[O-])c1.[Ca+2]. The van der Waals surface area contributed by atoms with Gasteiger partial charge in [-0.1, -0.05) is 102 Å². The Hall–Kier alpha value is -2.44. The van der Waals surface area contributed by atoms with Gasteiger partial charge >= 0.3 is 37.7 Å². The van der Waals surface area contributed by atoms with Gasteiger partial charge in [0.15, 0.2) is 0 Å². The number of aryl methyl sites for hydroxylation is 2. The van der Waals surface area contributed by atoms with Crippen molar-refractivity contribution in [1.29, 1.82) is 0 Å². The van der Waals surface area contributed by atoms with Gasteiger partial charge in [0.05, 0.1) is 9.79 Å².